The minimum absolute atomic E-state index is 0.138. The number of anilines is 1. The molecule has 0 atom stereocenters. The number of aromatic nitrogens is 2. The topological polar surface area (TPSA) is 139 Å². The highest BCUT2D eigenvalue weighted by Gasteiger charge is 2.21. The summed E-state index contributed by atoms with van der Waals surface area (Å²) in [6.07, 6.45) is 6.31. The van der Waals surface area contributed by atoms with Gasteiger partial charge in [-0.05, 0) is 36.6 Å². The zero-order chi connectivity index (χ0) is 26.1. The van der Waals surface area contributed by atoms with Crippen LogP contribution < -0.4 is 5.32 Å². The number of halogens is 1. The molecule has 13 heteroatoms. The van der Waals surface area contributed by atoms with E-state index in [2.05, 4.69) is 24.9 Å². The molecule has 3 heterocycles. The molecule has 1 aromatic carbocycles. The van der Waals surface area contributed by atoms with E-state index in [1.807, 2.05) is 18.2 Å². The number of benzene rings is 1. The SMILES string of the molecule is CS(=O)(=O)c1cccc(CN2CCC(Nc3ncnc4sc(Cl)cc34)CC2)c1.O=CO/C=C\C(=O)O. The van der Waals surface area contributed by atoms with E-state index in [4.69, 9.17) is 16.7 Å². The molecule has 0 aliphatic carbocycles. The van der Waals surface area contributed by atoms with Crippen molar-refractivity contribution in [2.45, 2.75) is 30.3 Å². The number of thiophene rings is 1. The highest BCUT2D eigenvalue weighted by Crippen LogP contribution is 2.32. The van der Waals surface area contributed by atoms with Gasteiger partial charge in [-0.3, -0.25) is 9.69 Å². The van der Waals surface area contributed by atoms with Crippen LogP contribution in [0.5, 0.6) is 0 Å². The first-order valence-electron chi connectivity index (χ1n) is 10.8. The van der Waals surface area contributed by atoms with Crippen LogP contribution in [0.2, 0.25) is 4.34 Å². The van der Waals surface area contributed by atoms with Crippen molar-refractivity contribution in [3.63, 3.8) is 0 Å². The Kier molecular flexibility index (Phi) is 9.76. The number of carbonyl (C=O) groups excluding carboxylic acids is 1. The summed E-state index contributed by atoms with van der Waals surface area (Å²) in [5, 5.41) is 12.4. The van der Waals surface area contributed by atoms with Gasteiger partial charge in [0.2, 0.25) is 0 Å². The average Bonchev–Trinajstić information content (AvgIpc) is 3.22. The molecule has 192 valence electrons. The normalized spacial score (nSPS) is 14.8. The third kappa shape index (κ3) is 8.26. The maximum Gasteiger partial charge on any atom is 0.331 e. The number of carboxylic acid groups (broad SMARTS) is 1. The quantitative estimate of drug-likeness (QED) is 0.242. The first-order chi connectivity index (χ1) is 17.2. The number of ether oxygens (including phenoxy) is 1. The van der Waals surface area contributed by atoms with Crippen LogP contribution in [0.15, 0.2) is 53.9 Å². The van der Waals surface area contributed by atoms with Crippen LogP contribution in [0.1, 0.15) is 18.4 Å². The molecule has 3 aromatic rings. The van der Waals surface area contributed by atoms with Gasteiger partial charge in [-0.2, -0.15) is 0 Å². The fourth-order valence-corrected chi connectivity index (χ4v) is 5.38. The molecule has 0 bridgehead atoms. The second-order valence-electron chi connectivity index (χ2n) is 7.98. The van der Waals surface area contributed by atoms with Gasteiger partial charge in [0.25, 0.3) is 6.47 Å². The summed E-state index contributed by atoms with van der Waals surface area (Å²) in [4.78, 5) is 31.2. The Bertz CT molecular complexity index is 1340. The zero-order valence-corrected chi connectivity index (χ0v) is 21.7. The lowest BCUT2D eigenvalue weighted by molar-refractivity contribution is -0.131. The minimum Gasteiger partial charge on any atom is -0.478 e. The molecule has 36 heavy (non-hydrogen) atoms. The Labute approximate surface area is 217 Å². The summed E-state index contributed by atoms with van der Waals surface area (Å²) < 4.78 is 28.1. The van der Waals surface area contributed by atoms with E-state index >= 15 is 0 Å². The lowest BCUT2D eigenvalue weighted by Gasteiger charge is -2.32. The highest BCUT2D eigenvalue weighted by atomic mass is 35.5. The van der Waals surface area contributed by atoms with Crippen LogP contribution in [-0.4, -0.2) is 66.2 Å². The van der Waals surface area contributed by atoms with Crippen molar-refractivity contribution >= 4 is 61.3 Å². The zero-order valence-electron chi connectivity index (χ0n) is 19.3. The largest absolute Gasteiger partial charge is 0.478 e. The van der Waals surface area contributed by atoms with Crippen LogP contribution in [0.25, 0.3) is 10.2 Å². The predicted molar refractivity (Wildman–Crippen MR) is 138 cm³/mol. The highest BCUT2D eigenvalue weighted by molar-refractivity contribution is 7.90. The van der Waals surface area contributed by atoms with Crippen molar-refractivity contribution in [3.8, 4) is 0 Å². The average molecular weight is 553 g/mol. The molecule has 0 amide bonds. The second-order valence-corrected chi connectivity index (χ2v) is 11.7. The molecule has 2 aromatic heterocycles. The third-order valence-corrected chi connectivity index (χ3v) is 7.59. The second kappa shape index (κ2) is 12.8. The fourth-order valence-electron chi connectivity index (χ4n) is 3.63. The van der Waals surface area contributed by atoms with Crippen LogP contribution in [0.3, 0.4) is 0 Å². The van der Waals surface area contributed by atoms with E-state index in [-0.39, 0.29) is 6.47 Å². The van der Waals surface area contributed by atoms with Crippen molar-refractivity contribution in [1.29, 1.82) is 0 Å². The molecule has 2 N–H and O–H groups in total. The number of piperidine rings is 1. The monoisotopic (exact) mass is 552 g/mol. The van der Waals surface area contributed by atoms with E-state index in [0.29, 0.717) is 21.3 Å². The maximum absolute atomic E-state index is 11.7. The van der Waals surface area contributed by atoms with Crippen LogP contribution in [0.4, 0.5) is 5.82 Å². The predicted octanol–water partition coefficient (Wildman–Crippen LogP) is 3.58. The third-order valence-electron chi connectivity index (χ3n) is 5.31. The number of likely N-dealkylation sites (tertiary alicyclic amines) is 1. The van der Waals surface area contributed by atoms with Gasteiger partial charge >= 0.3 is 5.97 Å². The number of fused-ring (bicyclic) bond motifs is 1. The molecule has 1 aliphatic heterocycles. The van der Waals surface area contributed by atoms with Gasteiger partial charge in [0, 0.05) is 31.9 Å². The van der Waals surface area contributed by atoms with Gasteiger partial charge in [0.05, 0.1) is 20.7 Å². The lowest BCUT2D eigenvalue weighted by Crippen LogP contribution is -2.38. The number of aliphatic carboxylic acids is 1. The van der Waals surface area contributed by atoms with Crippen LogP contribution in [-0.2, 0) is 30.7 Å². The fraction of sp³-hybridized carbons (Fsp3) is 0.304. The number of nitrogens with one attached hydrogen (secondary N) is 1. The molecule has 0 spiro atoms. The van der Waals surface area contributed by atoms with Gasteiger partial charge in [-0.15, -0.1) is 11.3 Å². The Balaban J connectivity index is 0.000000392. The van der Waals surface area contributed by atoms with Crippen molar-refractivity contribution in [2.75, 3.05) is 24.7 Å². The van der Waals surface area contributed by atoms with E-state index in [1.165, 1.54) is 17.6 Å². The molecule has 0 radical (unpaired) electrons. The van der Waals surface area contributed by atoms with Crippen LogP contribution in [0, 0.1) is 0 Å². The number of rotatable bonds is 8. The summed E-state index contributed by atoms with van der Waals surface area (Å²) in [7, 11) is -3.17. The first-order valence-corrected chi connectivity index (χ1v) is 13.9. The number of hydrogen-bond acceptors (Lipinski definition) is 10. The summed E-state index contributed by atoms with van der Waals surface area (Å²) in [5.41, 5.74) is 1.03. The van der Waals surface area contributed by atoms with Crippen molar-refractivity contribution in [1.82, 2.24) is 14.9 Å². The van der Waals surface area contributed by atoms with Gasteiger partial charge in [-0.25, -0.2) is 23.2 Å². The van der Waals surface area contributed by atoms with E-state index < -0.39 is 15.8 Å². The molecule has 10 nitrogen and oxygen atoms in total. The van der Waals surface area contributed by atoms with Gasteiger partial charge in [0.15, 0.2) is 9.84 Å². The molecule has 1 fully saturated rings. The number of carboxylic acids is 1. The smallest absolute Gasteiger partial charge is 0.331 e. The standard InChI is InChI=1S/C19H21ClN4O2S2.C4H4O4/c1-28(25,26)15-4-2-3-13(9-15)11-24-7-5-14(6-8-24)23-18-16-10-17(20)27-19(16)22-12-21-18;5-3-8-2-1-4(6)7/h2-4,9-10,12,14H,5-8,11H2,1H3,(H,21,22,23);1-3H,(H,6,7)/b;2-1-. The molecule has 1 saturated heterocycles. The van der Waals surface area contributed by atoms with Crippen LogP contribution >= 0.6 is 22.9 Å². The van der Waals surface area contributed by atoms with E-state index in [0.717, 1.165) is 60.3 Å². The molecular weight excluding hydrogens is 528 g/mol. The summed E-state index contributed by atoms with van der Waals surface area (Å²) in [6, 6.07) is 9.47. The maximum atomic E-state index is 11.7. The minimum atomic E-state index is -3.17. The summed E-state index contributed by atoms with van der Waals surface area (Å²) >= 11 is 7.57. The number of sulfone groups is 1. The van der Waals surface area contributed by atoms with E-state index in [1.54, 1.807) is 18.5 Å². The Morgan fingerprint density at radius 2 is 2.06 bits per heavy atom. The summed E-state index contributed by atoms with van der Waals surface area (Å²) in [5.74, 6) is -0.306. The molecule has 1 aliphatic rings. The van der Waals surface area contributed by atoms with Crippen molar-refractivity contribution < 1.29 is 27.9 Å². The number of carbonyl (C=O) groups is 2. The summed E-state index contributed by atoms with van der Waals surface area (Å²) in [6.45, 7) is 2.78. The van der Waals surface area contributed by atoms with Gasteiger partial charge < -0.3 is 15.2 Å². The molecule has 0 unspecified atom stereocenters. The molecular formula is C23H25ClN4O6S2. The Morgan fingerprint density at radius 3 is 2.72 bits per heavy atom. The number of nitrogens with zero attached hydrogens (tertiary/aromatic N) is 3. The lowest BCUT2D eigenvalue weighted by atomic mass is 10.0. The van der Waals surface area contributed by atoms with Gasteiger partial charge in [0.1, 0.15) is 23.2 Å². The van der Waals surface area contributed by atoms with E-state index in [9.17, 15) is 18.0 Å². The first kappa shape index (κ1) is 27.5. The Morgan fingerprint density at radius 1 is 1.31 bits per heavy atom. The molecule has 0 saturated carbocycles. The van der Waals surface area contributed by atoms with Gasteiger partial charge in [-0.1, -0.05) is 23.7 Å². The number of hydrogen-bond donors (Lipinski definition) is 2. The molecule has 4 rings (SSSR count). The van der Waals surface area contributed by atoms with Crippen molar-refractivity contribution in [2.24, 2.45) is 0 Å². The Hall–Kier alpha value is -3.06. The van der Waals surface area contributed by atoms with Crippen molar-refractivity contribution in [3.05, 3.63) is 58.9 Å².